The highest BCUT2D eigenvalue weighted by molar-refractivity contribution is 4.87. The fraction of sp³-hybridized carbons (Fsp3) is 0.846. The Morgan fingerprint density at radius 3 is 2.23 bits per heavy atom. The number of unbranched alkanes of at least 4 members (excludes halogenated alkanes) is 2. The molecule has 13 heavy (non-hydrogen) atoms. The van der Waals surface area contributed by atoms with E-state index in [1.54, 1.807) is 0 Å². The molecule has 0 heterocycles. The zero-order valence-electron chi connectivity index (χ0n) is 9.95. The summed E-state index contributed by atoms with van der Waals surface area (Å²) in [5.74, 6) is 0. The molecule has 0 aliphatic rings. The summed E-state index contributed by atoms with van der Waals surface area (Å²) in [4.78, 5) is 0. The first-order valence-corrected chi connectivity index (χ1v) is 5.62. The zero-order valence-corrected chi connectivity index (χ0v) is 9.95. The molecule has 0 radical (unpaired) electrons. The van der Waals surface area contributed by atoms with Gasteiger partial charge in [0.05, 0.1) is 0 Å². The maximum Gasteiger partial charge on any atom is -0.0326 e. The Morgan fingerprint density at radius 2 is 1.77 bits per heavy atom. The van der Waals surface area contributed by atoms with Crippen molar-refractivity contribution in [2.45, 2.75) is 66.2 Å². The highest BCUT2D eigenvalue weighted by Crippen LogP contribution is 2.27. The van der Waals surface area contributed by atoms with Gasteiger partial charge in [-0.05, 0) is 31.6 Å². The third-order valence-electron chi connectivity index (χ3n) is 2.91. The Labute approximate surface area is 84.4 Å². The van der Waals surface area contributed by atoms with Gasteiger partial charge in [0, 0.05) is 0 Å². The quantitative estimate of drug-likeness (QED) is 0.386. The van der Waals surface area contributed by atoms with Crippen LogP contribution in [0.5, 0.6) is 0 Å². The first-order valence-electron chi connectivity index (χ1n) is 5.62. The van der Waals surface area contributed by atoms with Crippen LogP contribution < -0.4 is 0 Å². The SMILES string of the molecule is C=C(C)CCCCCC(C)(C)CC. The topological polar surface area (TPSA) is 0 Å². The molecule has 0 rings (SSSR count). The predicted octanol–water partition coefficient (Wildman–Crippen LogP) is 4.95. The number of hydrogen-bond acceptors (Lipinski definition) is 0. The van der Waals surface area contributed by atoms with E-state index in [2.05, 4.69) is 34.3 Å². The van der Waals surface area contributed by atoms with Crippen molar-refractivity contribution < 1.29 is 0 Å². The van der Waals surface area contributed by atoms with E-state index < -0.39 is 0 Å². The van der Waals surface area contributed by atoms with E-state index in [4.69, 9.17) is 0 Å². The van der Waals surface area contributed by atoms with Crippen molar-refractivity contribution >= 4 is 0 Å². The molecule has 78 valence electrons. The molecule has 0 aliphatic heterocycles. The molecule has 0 nitrogen and oxygen atoms in total. The minimum atomic E-state index is 0.559. The zero-order chi connectivity index (χ0) is 10.3. The summed E-state index contributed by atoms with van der Waals surface area (Å²) in [5.41, 5.74) is 1.89. The van der Waals surface area contributed by atoms with E-state index in [0.717, 1.165) is 0 Å². The predicted molar refractivity (Wildman–Crippen MR) is 62.0 cm³/mol. The number of allylic oxidation sites excluding steroid dienone is 1. The molecule has 0 fully saturated rings. The van der Waals surface area contributed by atoms with E-state index in [0.29, 0.717) is 5.41 Å². The van der Waals surface area contributed by atoms with Gasteiger partial charge in [0.1, 0.15) is 0 Å². The van der Waals surface area contributed by atoms with Crippen LogP contribution in [0.3, 0.4) is 0 Å². The van der Waals surface area contributed by atoms with E-state index >= 15 is 0 Å². The average Bonchev–Trinajstić information content (AvgIpc) is 2.03. The molecule has 0 unspecified atom stereocenters. The van der Waals surface area contributed by atoms with Crippen molar-refractivity contribution in [1.82, 2.24) is 0 Å². The van der Waals surface area contributed by atoms with E-state index in [1.165, 1.54) is 44.1 Å². The molecule has 0 aromatic heterocycles. The van der Waals surface area contributed by atoms with Crippen molar-refractivity contribution in [3.05, 3.63) is 12.2 Å². The lowest BCUT2D eigenvalue weighted by atomic mass is 9.84. The molecule has 0 saturated heterocycles. The second-order valence-electron chi connectivity index (χ2n) is 5.04. The minimum Gasteiger partial charge on any atom is -0.100 e. The van der Waals surface area contributed by atoms with Gasteiger partial charge in [0.25, 0.3) is 0 Å². The first kappa shape index (κ1) is 12.7. The van der Waals surface area contributed by atoms with Crippen LogP contribution in [0, 0.1) is 5.41 Å². The molecule has 0 amide bonds. The van der Waals surface area contributed by atoms with Crippen molar-refractivity contribution in [3.63, 3.8) is 0 Å². The summed E-state index contributed by atoms with van der Waals surface area (Å²) in [7, 11) is 0. The highest BCUT2D eigenvalue weighted by Gasteiger charge is 2.13. The fourth-order valence-electron chi connectivity index (χ4n) is 1.38. The van der Waals surface area contributed by atoms with Gasteiger partial charge < -0.3 is 0 Å². The number of hydrogen-bond donors (Lipinski definition) is 0. The summed E-state index contributed by atoms with van der Waals surface area (Å²) >= 11 is 0. The van der Waals surface area contributed by atoms with Crippen molar-refractivity contribution in [2.24, 2.45) is 5.41 Å². The Morgan fingerprint density at radius 1 is 1.15 bits per heavy atom. The first-order chi connectivity index (χ1) is 5.98. The standard InChI is InChI=1S/C13H26/c1-6-13(4,5)11-9-7-8-10-12(2)3/h2,6-11H2,1,3-5H3. The van der Waals surface area contributed by atoms with Gasteiger partial charge in [0.15, 0.2) is 0 Å². The third-order valence-corrected chi connectivity index (χ3v) is 2.91. The van der Waals surface area contributed by atoms with Crippen LogP contribution in [0.4, 0.5) is 0 Å². The van der Waals surface area contributed by atoms with Crippen LogP contribution in [-0.4, -0.2) is 0 Å². The molecule has 0 heteroatoms. The lowest BCUT2D eigenvalue weighted by Gasteiger charge is -2.22. The van der Waals surface area contributed by atoms with Gasteiger partial charge in [-0.25, -0.2) is 0 Å². The third kappa shape index (κ3) is 8.08. The summed E-state index contributed by atoms with van der Waals surface area (Å²) in [5, 5.41) is 0. The molecular weight excluding hydrogens is 156 g/mol. The van der Waals surface area contributed by atoms with Gasteiger partial charge in [0.2, 0.25) is 0 Å². The normalized spacial score (nSPS) is 11.7. The van der Waals surface area contributed by atoms with Crippen LogP contribution in [0.1, 0.15) is 66.2 Å². The molecule has 0 aromatic carbocycles. The van der Waals surface area contributed by atoms with E-state index in [1.807, 2.05) is 0 Å². The Kier molecular flexibility index (Phi) is 6.11. The molecule has 0 bridgehead atoms. The lowest BCUT2D eigenvalue weighted by Crippen LogP contribution is -2.08. The largest absolute Gasteiger partial charge is 0.100 e. The minimum absolute atomic E-state index is 0.559. The molecule has 0 aliphatic carbocycles. The molecule has 0 aromatic rings. The smallest absolute Gasteiger partial charge is 0.0326 e. The Hall–Kier alpha value is -0.260. The fourth-order valence-corrected chi connectivity index (χ4v) is 1.38. The van der Waals surface area contributed by atoms with Crippen LogP contribution in [0.25, 0.3) is 0 Å². The van der Waals surface area contributed by atoms with Gasteiger partial charge in [-0.15, -0.1) is 6.58 Å². The summed E-state index contributed by atoms with van der Waals surface area (Å²) in [6.45, 7) is 13.1. The summed E-state index contributed by atoms with van der Waals surface area (Å²) < 4.78 is 0. The van der Waals surface area contributed by atoms with Crippen LogP contribution in [-0.2, 0) is 0 Å². The molecule has 0 N–H and O–H groups in total. The van der Waals surface area contributed by atoms with E-state index in [9.17, 15) is 0 Å². The second kappa shape index (κ2) is 6.23. The van der Waals surface area contributed by atoms with Crippen molar-refractivity contribution in [2.75, 3.05) is 0 Å². The average molecular weight is 182 g/mol. The molecular formula is C13H26. The van der Waals surface area contributed by atoms with Crippen LogP contribution >= 0.6 is 0 Å². The van der Waals surface area contributed by atoms with Gasteiger partial charge >= 0.3 is 0 Å². The van der Waals surface area contributed by atoms with Crippen LogP contribution in [0.2, 0.25) is 0 Å². The maximum atomic E-state index is 3.92. The van der Waals surface area contributed by atoms with E-state index in [-0.39, 0.29) is 0 Å². The number of rotatable bonds is 7. The summed E-state index contributed by atoms with van der Waals surface area (Å²) in [6.07, 6.45) is 7.97. The molecule has 0 saturated carbocycles. The Balaban J connectivity index is 3.30. The van der Waals surface area contributed by atoms with Gasteiger partial charge in [-0.3, -0.25) is 0 Å². The summed E-state index contributed by atoms with van der Waals surface area (Å²) in [6, 6.07) is 0. The maximum absolute atomic E-state index is 3.92. The van der Waals surface area contributed by atoms with Gasteiger partial charge in [-0.2, -0.15) is 0 Å². The monoisotopic (exact) mass is 182 g/mol. The molecule has 0 spiro atoms. The highest BCUT2D eigenvalue weighted by atomic mass is 14.2. The lowest BCUT2D eigenvalue weighted by molar-refractivity contribution is 0.308. The second-order valence-corrected chi connectivity index (χ2v) is 5.04. The van der Waals surface area contributed by atoms with Crippen molar-refractivity contribution in [1.29, 1.82) is 0 Å². The Bertz CT molecular complexity index is 142. The van der Waals surface area contributed by atoms with Gasteiger partial charge in [-0.1, -0.05) is 45.6 Å². The van der Waals surface area contributed by atoms with Crippen molar-refractivity contribution in [3.8, 4) is 0 Å². The van der Waals surface area contributed by atoms with Crippen LogP contribution in [0.15, 0.2) is 12.2 Å². The molecule has 0 atom stereocenters.